The Morgan fingerprint density at radius 1 is 1.15 bits per heavy atom. The van der Waals surface area contributed by atoms with Crippen molar-refractivity contribution in [1.82, 2.24) is 9.97 Å². The molecule has 40 heavy (non-hydrogen) atoms. The number of rotatable bonds is 10. The number of fused-ring (bicyclic) bond motifs is 1. The number of halogens is 5. The molecule has 1 aromatic heterocycles. The minimum absolute atomic E-state index is 0.0302. The first-order valence-electron chi connectivity index (χ1n) is 12.3. The van der Waals surface area contributed by atoms with Crippen molar-refractivity contribution in [3.8, 4) is 5.75 Å². The largest absolute Gasteiger partial charge is 0.496 e. The molecular formula is C26H27F5N4O5. The van der Waals surface area contributed by atoms with Gasteiger partial charge in [-0.05, 0) is 24.6 Å². The molecule has 0 spiro atoms. The maximum atomic E-state index is 16.0. The van der Waals surface area contributed by atoms with Gasteiger partial charge in [-0.2, -0.15) is 8.78 Å². The van der Waals surface area contributed by atoms with Gasteiger partial charge in [0.15, 0.2) is 5.82 Å². The highest BCUT2D eigenvalue weighted by molar-refractivity contribution is 5.91. The summed E-state index contributed by atoms with van der Waals surface area (Å²) < 4.78 is 87.9. The second kappa shape index (κ2) is 11.5. The molecule has 3 aromatic rings. The Bertz CT molecular complexity index is 1400. The van der Waals surface area contributed by atoms with Crippen molar-refractivity contribution in [2.45, 2.75) is 43.8 Å². The summed E-state index contributed by atoms with van der Waals surface area (Å²) >= 11 is 0. The van der Waals surface area contributed by atoms with E-state index < -0.39 is 52.7 Å². The van der Waals surface area contributed by atoms with Crippen LogP contribution in [-0.4, -0.2) is 48.9 Å². The van der Waals surface area contributed by atoms with Crippen LogP contribution in [0.1, 0.15) is 54.7 Å². The number of anilines is 1. The molecule has 1 atom stereocenters. The van der Waals surface area contributed by atoms with Gasteiger partial charge in [-0.1, -0.05) is 0 Å². The highest BCUT2D eigenvalue weighted by Crippen LogP contribution is 2.44. The fraction of sp³-hybridized carbons (Fsp3) is 0.462. The van der Waals surface area contributed by atoms with Crippen LogP contribution in [0.2, 0.25) is 0 Å². The molecule has 4 rings (SSSR count). The van der Waals surface area contributed by atoms with E-state index in [1.54, 1.807) is 0 Å². The third kappa shape index (κ3) is 5.92. The lowest BCUT2D eigenvalue weighted by molar-refractivity contribution is -0.385. The number of alkyl halides is 5. The number of aromatic nitrogens is 2. The third-order valence-electron chi connectivity index (χ3n) is 6.75. The second-order valence-corrected chi connectivity index (χ2v) is 9.45. The van der Waals surface area contributed by atoms with Crippen molar-refractivity contribution in [3.05, 3.63) is 63.0 Å². The predicted octanol–water partition coefficient (Wildman–Crippen LogP) is 6.37. The topological polar surface area (TPSA) is 109 Å². The Hall–Kier alpha value is -3.65. The molecule has 1 aliphatic heterocycles. The standard InChI is InChI=1S/C26H27F5N4O5/c1-14(15-8-16(26(30,31)13-38-2)10-17(9-15)35(36)37)32-23-18-11-19(25(29)4-6-40-7-5-25)21(39-3)12-20(18)33-24(34-23)22(27)28/h8-12,14,22H,4-7,13H2,1-3H3,(H,32,33,34)/t14-/m1/s1. The summed E-state index contributed by atoms with van der Waals surface area (Å²) in [5.74, 6) is -4.39. The Morgan fingerprint density at radius 2 is 1.85 bits per heavy atom. The Balaban J connectivity index is 1.84. The molecule has 0 amide bonds. The van der Waals surface area contributed by atoms with Crippen LogP contribution in [0.4, 0.5) is 33.5 Å². The van der Waals surface area contributed by atoms with Gasteiger partial charge in [-0.25, -0.2) is 23.1 Å². The van der Waals surface area contributed by atoms with E-state index in [9.17, 15) is 27.7 Å². The van der Waals surface area contributed by atoms with Crippen molar-refractivity contribution in [2.24, 2.45) is 0 Å². The Kier molecular flexibility index (Phi) is 8.40. The number of hydrogen-bond acceptors (Lipinski definition) is 8. The van der Waals surface area contributed by atoms with Crippen LogP contribution in [0.5, 0.6) is 5.75 Å². The van der Waals surface area contributed by atoms with Gasteiger partial charge in [0.05, 0.1) is 23.6 Å². The highest BCUT2D eigenvalue weighted by Gasteiger charge is 2.38. The minimum atomic E-state index is -3.54. The van der Waals surface area contributed by atoms with Crippen molar-refractivity contribution in [1.29, 1.82) is 0 Å². The molecule has 2 aromatic carbocycles. The van der Waals surface area contributed by atoms with E-state index in [4.69, 9.17) is 9.47 Å². The molecule has 0 unspecified atom stereocenters. The van der Waals surface area contributed by atoms with Gasteiger partial charge in [0.25, 0.3) is 18.0 Å². The Labute approximate surface area is 225 Å². The van der Waals surface area contributed by atoms with Crippen molar-refractivity contribution in [2.75, 3.05) is 39.4 Å². The smallest absolute Gasteiger partial charge is 0.297 e. The molecule has 0 saturated carbocycles. The lowest BCUT2D eigenvalue weighted by Crippen LogP contribution is -2.29. The fourth-order valence-electron chi connectivity index (χ4n) is 4.62. The first kappa shape index (κ1) is 29.3. The average molecular weight is 571 g/mol. The van der Waals surface area contributed by atoms with E-state index in [-0.39, 0.29) is 59.7 Å². The lowest BCUT2D eigenvalue weighted by Gasteiger charge is -2.31. The summed E-state index contributed by atoms with van der Waals surface area (Å²) in [6, 6.07) is 4.71. The van der Waals surface area contributed by atoms with Gasteiger partial charge < -0.3 is 19.5 Å². The highest BCUT2D eigenvalue weighted by atomic mass is 19.3. The number of nitro benzene ring substituents is 1. The number of nitrogens with zero attached hydrogens (tertiary/aromatic N) is 3. The van der Waals surface area contributed by atoms with Crippen LogP contribution in [0.3, 0.4) is 0 Å². The summed E-state index contributed by atoms with van der Waals surface area (Å²) in [6.07, 6.45) is -2.99. The minimum Gasteiger partial charge on any atom is -0.496 e. The molecule has 0 radical (unpaired) electrons. The zero-order valence-corrected chi connectivity index (χ0v) is 21.8. The van der Waals surface area contributed by atoms with Crippen LogP contribution in [0.15, 0.2) is 30.3 Å². The summed E-state index contributed by atoms with van der Waals surface area (Å²) in [7, 11) is 2.39. The molecule has 0 aliphatic carbocycles. The van der Waals surface area contributed by atoms with E-state index in [1.807, 2.05) is 0 Å². The molecule has 216 valence electrons. The number of nitro groups is 1. The summed E-state index contributed by atoms with van der Waals surface area (Å²) in [5.41, 5.74) is -2.83. The van der Waals surface area contributed by atoms with E-state index in [1.165, 1.54) is 26.2 Å². The molecule has 1 aliphatic rings. The lowest BCUT2D eigenvalue weighted by atomic mass is 9.86. The maximum absolute atomic E-state index is 16.0. The summed E-state index contributed by atoms with van der Waals surface area (Å²) in [6.45, 7) is 0.824. The van der Waals surface area contributed by atoms with Crippen LogP contribution in [-0.2, 0) is 21.1 Å². The average Bonchev–Trinajstić information content (AvgIpc) is 2.92. The zero-order valence-electron chi connectivity index (χ0n) is 21.8. The summed E-state index contributed by atoms with van der Waals surface area (Å²) in [4.78, 5) is 18.5. The van der Waals surface area contributed by atoms with Gasteiger partial charge >= 0.3 is 0 Å². The van der Waals surface area contributed by atoms with E-state index in [0.717, 1.165) is 25.3 Å². The first-order chi connectivity index (χ1) is 18.9. The van der Waals surface area contributed by atoms with Crippen molar-refractivity contribution >= 4 is 22.4 Å². The van der Waals surface area contributed by atoms with Crippen LogP contribution in [0, 0.1) is 10.1 Å². The molecule has 9 nitrogen and oxygen atoms in total. The van der Waals surface area contributed by atoms with Gasteiger partial charge in [0.2, 0.25) is 0 Å². The normalized spacial score (nSPS) is 16.2. The molecule has 1 fully saturated rings. The maximum Gasteiger partial charge on any atom is 0.297 e. The molecular weight excluding hydrogens is 543 g/mol. The SMILES string of the molecule is COCC(F)(F)c1cc([C@@H](C)Nc2nc(C(F)F)nc3cc(OC)c(C4(F)CCOCC4)cc23)cc([N+](=O)[O-])c1. The third-order valence-corrected chi connectivity index (χ3v) is 6.75. The van der Waals surface area contributed by atoms with Crippen molar-refractivity contribution < 1.29 is 41.1 Å². The number of hydrogen-bond donors (Lipinski definition) is 1. The number of benzene rings is 2. The Morgan fingerprint density at radius 3 is 2.45 bits per heavy atom. The number of nitrogens with one attached hydrogen (secondary N) is 1. The van der Waals surface area contributed by atoms with E-state index in [2.05, 4.69) is 20.0 Å². The number of non-ortho nitro benzene ring substituents is 1. The molecule has 1 N–H and O–H groups in total. The molecule has 2 heterocycles. The van der Waals surface area contributed by atoms with Crippen LogP contribution >= 0.6 is 0 Å². The summed E-state index contributed by atoms with van der Waals surface area (Å²) in [5, 5.41) is 14.5. The van der Waals surface area contributed by atoms with Crippen molar-refractivity contribution in [3.63, 3.8) is 0 Å². The zero-order chi connectivity index (χ0) is 29.2. The van der Waals surface area contributed by atoms with Gasteiger partial charge in [-0.15, -0.1) is 0 Å². The van der Waals surface area contributed by atoms with Crippen LogP contribution < -0.4 is 10.1 Å². The monoisotopic (exact) mass is 570 g/mol. The van der Waals surface area contributed by atoms with Crippen LogP contribution in [0.25, 0.3) is 10.9 Å². The first-order valence-corrected chi connectivity index (χ1v) is 12.3. The molecule has 1 saturated heterocycles. The second-order valence-electron chi connectivity index (χ2n) is 9.45. The number of ether oxygens (including phenoxy) is 3. The predicted molar refractivity (Wildman–Crippen MR) is 135 cm³/mol. The molecule has 14 heteroatoms. The fourth-order valence-corrected chi connectivity index (χ4v) is 4.62. The number of methoxy groups -OCH3 is 2. The van der Waals surface area contributed by atoms with Gasteiger partial charge in [0.1, 0.15) is 23.8 Å². The van der Waals surface area contributed by atoms with E-state index in [0.29, 0.717) is 0 Å². The molecule has 0 bridgehead atoms. The van der Waals surface area contributed by atoms with E-state index >= 15 is 4.39 Å². The van der Waals surface area contributed by atoms with Gasteiger partial charge in [-0.3, -0.25) is 10.1 Å². The quantitative estimate of drug-likeness (QED) is 0.170. The van der Waals surface area contributed by atoms with Gasteiger partial charge in [0, 0.05) is 67.9 Å².